The predicted octanol–water partition coefficient (Wildman–Crippen LogP) is 4.58. The molecule has 0 amide bonds. The number of imidazole rings is 1. The first-order valence-corrected chi connectivity index (χ1v) is 9.61. The van der Waals surface area contributed by atoms with Crippen LogP contribution in [0.15, 0.2) is 78.9 Å². The fourth-order valence-corrected chi connectivity index (χ4v) is 3.48. The van der Waals surface area contributed by atoms with Crippen molar-refractivity contribution in [3.63, 3.8) is 0 Å². The van der Waals surface area contributed by atoms with E-state index in [1.807, 2.05) is 36.4 Å². The van der Waals surface area contributed by atoms with Crippen molar-refractivity contribution in [2.24, 2.45) is 0 Å². The zero-order chi connectivity index (χ0) is 20.9. The summed E-state index contributed by atoms with van der Waals surface area (Å²) in [7, 11) is 0. The molecule has 0 saturated carbocycles. The number of H-pyrrole nitrogens is 1. The largest absolute Gasteiger partial charge is 0.481 e. The Balaban J connectivity index is 1.64. The molecule has 0 radical (unpaired) electrons. The molecule has 6 heteroatoms. The number of rotatable bonds is 7. The third-order valence-corrected chi connectivity index (χ3v) is 4.87. The van der Waals surface area contributed by atoms with E-state index < -0.39 is 17.9 Å². The van der Waals surface area contributed by atoms with Crippen molar-refractivity contribution in [1.29, 1.82) is 0 Å². The molecule has 0 aliphatic carbocycles. The van der Waals surface area contributed by atoms with E-state index in [0.717, 1.165) is 11.0 Å². The zero-order valence-corrected chi connectivity index (χ0v) is 16.1. The van der Waals surface area contributed by atoms with E-state index in [2.05, 4.69) is 9.97 Å². The molecule has 0 spiro atoms. The van der Waals surface area contributed by atoms with Crippen LogP contribution in [0.3, 0.4) is 0 Å². The molecule has 2 N–H and O–H groups in total. The summed E-state index contributed by atoms with van der Waals surface area (Å²) in [5.41, 5.74) is 2.81. The summed E-state index contributed by atoms with van der Waals surface area (Å²) < 4.78 is 5.63. The van der Waals surface area contributed by atoms with Crippen molar-refractivity contribution in [2.45, 2.75) is 18.8 Å². The summed E-state index contributed by atoms with van der Waals surface area (Å²) in [6.07, 6.45) is 0.262. The van der Waals surface area contributed by atoms with Gasteiger partial charge in [0.1, 0.15) is 11.6 Å². The van der Waals surface area contributed by atoms with Gasteiger partial charge in [-0.2, -0.15) is 0 Å². The molecule has 4 aromatic rings. The van der Waals surface area contributed by atoms with E-state index in [4.69, 9.17) is 4.74 Å². The first kappa shape index (κ1) is 19.4. The van der Waals surface area contributed by atoms with Crippen molar-refractivity contribution < 1.29 is 19.4 Å². The molecule has 1 unspecified atom stereocenters. The summed E-state index contributed by atoms with van der Waals surface area (Å²) in [5, 5.41) is 9.48. The van der Waals surface area contributed by atoms with Gasteiger partial charge >= 0.3 is 11.9 Å². The molecule has 0 fully saturated rings. The molecule has 4 rings (SSSR count). The molecule has 1 aromatic heterocycles. The molecule has 1 atom stereocenters. The second kappa shape index (κ2) is 8.61. The summed E-state index contributed by atoms with van der Waals surface area (Å²) in [4.78, 5) is 31.9. The molecule has 3 aromatic carbocycles. The fraction of sp³-hybridized carbons (Fsp3) is 0.125. The molecule has 1 heterocycles. The van der Waals surface area contributed by atoms with E-state index in [1.54, 1.807) is 42.5 Å². The van der Waals surface area contributed by atoms with Gasteiger partial charge in [-0.25, -0.2) is 9.78 Å². The highest BCUT2D eigenvalue weighted by molar-refractivity contribution is 5.91. The maximum atomic E-state index is 12.5. The number of carboxylic acid groups (broad SMARTS) is 1. The number of hydrogen-bond acceptors (Lipinski definition) is 4. The number of nitrogens with zero attached hydrogens (tertiary/aromatic N) is 1. The Labute approximate surface area is 173 Å². The van der Waals surface area contributed by atoms with E-state index in [1.165, 1.54) is 0 Å². The second-order valence-corrected chi connectivity index (χ2v) is 6.99. The van der Waals surface area contributed by atoms with Crippen LogP contribution in [0.25, 0.3) is 11.0 Å². The normalized spacial score (nSPS) is 11.9. The molecule has 0 aliphatic heterocycles. The van der Waals surface area contributed by atoms with Crippen LogP contribution >= 0.6 is 0 Å². The highest BCUT2D eigenvalue weighted by Crippen LogP contribution is 2.32. The monoisotopic (exact) mass is 400 g/mol. The summed E-state index contributed by atoms with van der Waals surface area (Å²) in [6.45, 7) is 0. The van der Waals surface area contributed by atoms with Crippen molar-refractivity contribution in [1.82, 2.24) is 9.97 Å². The lowest BCUT2D eigenvalue weighted by Crippen LogP contribution is -2.14. The first-order chi connectivity index (χ1) is 14.6. The predicted molar refractivity (Wildman–Crippen MR) is 113 cm³/mol. The van der Waals surface area contributed by atoms with E-state index in [9.17, 15) is 14.7 Å². The Morgan fingerprint density at radius 2 is 1.63 bits per heavy atom. The Bertz CT molecular complexity index is 1150. The summed E-state index contributed by atoms with van der Waals surface area (Å²) >= 11 is 0. The van der Waals surface area contributed by atoms with Gasteiger partial charge in [0.15, 0.2) is 0 Å². The fourth-order valence-electron chi connectivity index (χ4n) is 3.48. The van der Waals surface area contributed by atoms with Crippen LogP contribution in [0.1, 0.15) is 34.1 Å². The quantitative estimate of drug-likeness (QED) is 0.350. The number of hydrogen-bond donors (Lipinski definition) is 2. The Morgan fingerprint density at radius 3 is 2.40 bits per heavy atom. The van der Waals surface area contributed by atoms with Crippen molar-refractivity contribution in [2.75, 3.05) is 0 Å². The number of nitrogens with one attached hydrogen (secondary N) is 1. The van der Waals surface area contributed by atoms with E-state index >= 15 is 0 Å². The highest BCUT2D eigenvalue weighted by Gasteiger charge is 2.23. The van der Waals surface area contributed by atoms with Crippen molar-refractivity contribution >= 4 is 23.0 Å². The van der Waals surface area contributed by atoms with Gasteiger partial charge in [0.05, 0.1) is 23.0 Å². The molecule has 0 bridgehead atoms. The third-order valence-electron chi connectivity index (χ3n) is 4.87. The van der Waals surface area contributed by atoms with Gasteiger partial charge in [-0.05, 0) is 35.9 Å². The van der Waals surface area contributed by atoms with Gasteiger partial charge in [-0.1, -0.05) is 48.5 Å². The molecular formula is C24H20N2O4. The van der Waals surface area contributed by atoms with Crippen LogP contribution in [-0.2, 0) is 11.2 Å². The van der Waals surface area contributed by atoms with Crippen LogP contribution in [0.2, 0.25) is 0 Å². The number of ether oxygens (including phenoxy) is 1. The topological polar surface area (TPSA) is 92.3 Å². The van der Waals surface area contributed by atoms with Gasteiger partial charge in [-0.15, -0.1) is 0 Å². The number of fused-ring (bicyclic) bond motifs is 1. The van der Waals surface area contributed by atoms with Gasteiger partial charge in [0.25, 0.3) is 0 Å². The Hall–Kier alpha value is -3.93. The number of carboxylic acids is 1. The Morgan fingerprint density at radius 1 is 0.933 bits per heavy atom. The van der Waals surface area contributed by atoms with Crippen LogP contribution in [0, 0.1) is 0 Å². The molecule has 6 nitrogen and oxygen atoms in total. The van der Waals surface area contributed by atoms with E-state index in [0.29, 0.717) is 29.1 Å². The lowest BCUT2D eigenvalue weighted by molar-refractivity contribution is -0.137. The smallest absolute Gasteiger partial charge is 0.343 e. The molecule has 30 heavy (non-hydrogen) atoms. The minimum atomic E-state index is -0.930. The number of aliphatic carboxylic acids is 1. The number of carbonyl (C=O) groups is 2. The van der Waals surface area contributed by atoms with Crippen molar-refractivity contribution in [3.8, 4) is 5.75 Å². The van der Waals surface area contributed by atoms with E-state index in [-0.39, 0.29) is 6.42 Å². The number of carbonyl (C=O) groups excluding carboxylic acids is 1. The molecule has 0 aliphatic rings. The minimum Gasteiger partial charge on any atom is -0.481 e. The van der Waals surface area contributed by atoms with Crippen LogP contribution in [-0.4, -0.2) is 27.0 Å². The Kier molecular flexibility index (Phi) is 5.57. The highest BCUT2D eigenvalue weighted by atomic mass is 16.5. The van der Waals surface area contributed by atoms with Gasteiger partial charge < -0.3 is 14.8 Å². The number of para-hydroxylation sites is 3. The summed E-state index contributed by atoms with van der Waals surface area (Å²) in [6, 6.07) is 23.4. The van der Waals surface area contributed by atoms with Gasteiger partial charge in [-0.3, -0.25) is 4.79 Å². The number of aromatic amines is 1. The van der Waals surface area contributed by atoms with Crippen LogP contribution in [0.5, 0.6) is 5.75 Å². The molecular weight excluding hydrogens is 380 g/mol. The SMILES string of the molecule is O=C(O)CC(Cc1nc2ccccc2[nH]1)c1ccccc1OC(=O)c1ccccc1. The maximum absolute atomic E-state index is 12.5. The number of esters is 1. The average Bonchev–Trinajstić information content (AvgIpc) is 3.16. The standard InChI is InChI=1S/C24H20N2O4/c27-23(28)15-17(14-22-25-19-11-5-6-12-20(19)26-22)18-10-4-7-13-21(18)30-24(29)16-8-2-1-3-9-16/h1-13,17H,14-15H2,(H,25,26)(H,27,28). The van der Waals surface area contributed by atoms with Crippen LogP contribution in [0.4, 0.5) is 0 Å². The molecule has 150 valence electrons. The van der Waals surface area contributed by atoms with Gasteiger partial charge in [0.2, 0.25) is 0 Å². The number of aromatic nitrogens is 2. The average molecular weight is 400 g/mol. The number of benzene rings is 3. The lowest BCUT2D eigenvalue weighted by Gasteiger charge is -2.18. The maximum Gasteiger partial charge on any atom is 0.343 e. The molecule has 0 saturated heterocycles. The minimum absolute atomic E-state index is 0.114. The van der Waals surface area contributed by atoms with Gasteiger partial charge in [0, 0.05) is 12.3 Å². The zero-order valence-electron chi connectivity index (χ0n) is 16.1. The lowest BCUT2D eigenvalue weighted by atomic mass is 9.91. The second-order valence-electron chi connectivity index (χ2n) is 6.99. The van der Waals surface area contributed by atoms with Crippen LogP contribution < -0.4 is 4.74 Å². The first-order valence-electron chi connectivity index (χ1n) is 9.61. The van der Waals surface area contributed by atoms with Crippen molar-refractivity contribution in [3.05, 3.63) is 95.8 Å². The summed E-state index contributed by atoms with van der Waals surface area (Å²) in [5.74, 6) is -0.788. The third kappa shape index (κ3) is 4.38.